The Morgan fingerprint density at radius 1 is 1.09 bits per heavy atom. The van der Waals surface area contributed by atoms with Crippen LogP contribution in [-0.4, -0.2) is 44.1 Å². The molecule has 32 heavy (non-hydrogen) atoms. The summed E-state index contributed by atoms with van der Waals surface area (Å²) in [5, 5.41) is 23.5. The standard InChI is InChI=1S/C20H16F2N8O2/c1-11(18(28-23-2)15-4-3-12(8-24-15)19(21)22)10-31-17-6-5-14(26-27-17)13-7-16-20(25-9-13)30-32-29-16/h3-9,19H,10H2,1-2H3/b18-11+,28-23?. The number of alkyl halides is 2. The zero-order valence-corrected chi connectivity index (χ0v) is 17.0. The number of ether oxygens (including phenoxy) is 1. The molecule has 0 saturated heterocycles. The van der Waals surface area contributed by atoms with Crippen molar-refractivity contribution in [2.24, 2.45) is 10.2 Å². The number of nitrogens with zero attached hydrogens (tertiary/aromatic N) is 8. The number of pyridine rings is 2. The van der Waals surface area contributed by atoms with Crippen LogP contribution in [0.25, 0.3) is 28.1 Å². The molecule has 4 heterocycles. The van der Waals surface area contributed by atoms with Crippen LogP contribution >= 0.6 is 0 Å². The SMILES string of the molecule is CN=N/C(=C(\C)COc1ccc(-c2cnc3nonc3c2)nn1)c1ccc(C(F)F)cn1. The van der Waals surface area contributed by atoms with Crippen molar-refractivity contribution in [3.05, 3.63) is 59.6 Å². The Balaban J connectivity index is 1.48. The van der Waals surface area contributed by atoms with E-state index in [9.17, 15) is 8.78 Å². The first kappa shape index (κ1) is 21.0. The Labute approximate surface area is 180 Å². The van der Waals surface area contributed by atoms with Crippen LogP contribution in [-0.2, 0) is 0 Å². The minimum atomic E-state index is -2.59. The average Bonchev–Trinajstić information content (AvgIpc) is 3.29. The van der Waals surface area contributed by atoms with E-state index in [-0.39, 0.29) is 12.2 Å². The maximum absolute atomic E-state index is 12.8. The Morgan fingerprint density at radius 3 is 2.66 bits per heavy atom. The molecule has 162 valence electrons. The normalized spacial score (nSPS) is 12.5. The molecule has 0 atom stereocenters. The molecule has 0 aliphatic carbocycles. The van der Waals surface area contributed by atoms with Crippen LogP contribution in [0, 0.1) is 0 Å². The first-order valence-corrected chi connectivity index (χ1v) is 9.34. The van der Waals surface area contributed by atoms with Crippen LogP contribution in [0.5, 0.6) is 5.88 Å². The average molecular weight is 438 g/mol. The van der Waals surface area contributed by atoms with Gasteiger partial charge in [-0.2, -0.15) is 10.2 Å². The van der Waals surface area contributed by atoms with E-state index >= 15 is 0 Å². The van der Waals surface area contributed by atoms with Crippen LogP contribution in [0.3, 0.4) is 0 Å². The third kappa shape index (κ3) is 4.58. The number of aromatic nitrogens is 6. The largest absolute Gasteiger partial charge is 0.472 e. The summed E-state index contributed by atoms with van der Waals surface area (Å²) in [7, 11) is 1.51. The van der Waals surface area contributed by atoms with Gasteiger partial charge in [0, 0.05) is 36.6 Å². The number of fused-ring (bicyclic) bond motifs is 1. The van der Waals surface area contributed by atoms with Crippen molar-refractivity contribution in [3.63, 3.8) is 0 Å². The van der Waals surface area contributed by atoms with Gasteiger partial charge >= 0.3 is 0 Å². The summed E-state index contributed by atoms with van der Waals surface area (Å²) >= 11 is 0. The van der Waals surface area contributed by atoms with Crippen LogP contribution in [0.1, 0.15) is 24.6 Å². The van der Waals surface area contributed by atoms with Gasteiger partial charge in [-0.3, -0.25) is 4.98 Å². The van der Waals surface area contributed by atoms with E-state index in [0.29, 0.717) is 45.3 Å². The van der Waals surface area contributed by atoms with Gasteiger partial charge in [0.15, 0.2) is 5.52 Å². The molecule has 0 bridgehead atoms. The summed E-state index contributed by atoms with van der Waals surface area (Å²) in [6.45, 7) is 1.90. The van der Waals surface area contributed by atoms with Crippen molar-refractivity contribution in [3.8, 4) is 17.1 Å². The molecule has 0 spiro atoms. The van der Waals surface area contributed by atoms with E-state index in [1.165, 1.54) is 19.2 Å². The molecule has 4 aromatic heterocycles. The number of hydrogen-bond acceptors (Lipinski definition) is 10. The number of rotatable bonds is 7. The quantitative estimate of drug-likeness (QED) is 0.391. The molecule has 0 radical (unpaired) electrons. The van der Waals surface area contributed by atoms with E-state index < -0.39 is 6.43 Å². The van der Waals surface area contributed by atoms with E-state index in [4.69, 9.17) is 4.74 Å². The summed E-state index contributed by atoms with van der Waals surface area (Å²) in [5.74, 6) is 0.291. The van der Waals surface area contributed by atoms with Crippen LogP contribution in [0.15, 0.2) is 63.2 Å². The lowest BCUT2D eigenvalue weighted by atomic mass is 10.1. The van der Waals surface area contributed by atoms with Gasteiger partial charge < -0.3 is 4.74 Å². The maximum Gasteiger partial charge on any atom is 0.265 e. The third-order valence-corrected chi connectivity index (χ3v) is 4.37. The molecule has 0 aliphatic heterocycles. The van der Waals surface area contributed by atoms with Crippen molar-refractivity contribution in [2.75, 3.05) is 13.7 Å². The lowest BCUT2D eigenvalue weighted by Crippen LogP contribution is -2.04. The number of hydrogen-bond donors (Lipinski definition) is 0. The van der Waals surface area contributed by atoms with E-state index in [2.05, 4.69) is 45.3 Å². The summed E-state index contributed by atoms with van der Waals surface area (Å²) in [4.78, 5) is 8.20. The number of azo groups is 1. The van der Waals surface area contributed by atoms with Gasteiger partial charge in [-0.25, -0.2) is 18.4 Å². The Kier molecular flexibility index (Phi) is 6.10. The van der Waals surface area contributed by atoms with E-state index in [0.717, 1.165) is 6.20 Å². The van der Waals surface area contributed by atoms with Crippen molar-refractivity contribution in [1.82, 2.24) is 30.5 Å². The van der Waals surface area contributed by atoms with Crippen molar-refractivity contribution in [1.29, 1.82) is 0 Å². The van der Waals surface area contributed by atoms with Crippen molar-refractivity contribution < 1.29 is 18.1 Å². The van der Waals surface area contributed by atoms with Crippen LogP contribution in [0.2, 0.25) is 0 Å². The van der Waals surface area contributed by atoms with Gasteiger partial charge in [-0.15, -0.1) is 10.2 Å². The maximum atomic E-state index is 12.8. The Hall–Kier alpha value is -4.22. The molecule has 10 nitrogen and oxygen atoms in total. The van der Waals surface area contributed by atoms with Crippen molar-refractivity contribution >= 4 is 16.9 Å². The number of halogens is 2. The summed E-state index contributed by atoms with van der Waals surface area (Å²) in [6, 6.07) is 7.91. The van der Waals surface area contributed by atoms with Crippen LogP contribution < -0.4 is 4.74 Å². The van der Waals surface area contributed by atoms with Gasteiger partial charge in [-0.05, 0) is 47.1 Å². The zero-order valence-electron chi connectivity index (χ0n) is 17.0. The summed E-state index contributed by atoms with van der Waals surface area (Å²) < 4.78 is 35.9. The van der Waals surface area contributed by atoms with Gasteiger partial charge in [0.25, 0.3) is 6.43 Å². The third-order valence-electron chi connectivity index (χ3n) is 4.37. The predicted molar refractivity (Wildman–Crippen MR) is 109 cm³/mol. The Morgan fingerprint density at radius 2 is 1.97 bits per heavy atom. The topological polar surface area (TPSA) is 124 Å². The smallest absolute Gasteiger partial charge is 0.265 e. The molecule has 0 fully saturated rings. The highest BCUT2D eigenvalue weighted by molar-refractivity contribution is 5.75. The van der Waals surface area contributed by atoms with Gasteiger partial charge in [0.05, 0.1) is 11.4 Å². The second-order valence-electron chi connectivity index (χ2n) is 6.58. The lowest BCUT2D eigenvalue weighted by molar-refractivity contribution is 0.151. The highest BCUT2D eigenvalue weighted by Gasteiger charge is 2.12. The molecular weight excluding hydrogens is 422 g/mol. The molecular formula is C20H16F2N8O2. The second kappa shape index (κ2) is 9.29. The molecule has 0 N–H and O–H groups in total. The van der Waals surface area contributed by atoms with Crippen LogP contribution in [0.4, 0.5) is 8.78 Å². The van der Waals surface area contributed by atoms with Gasteiger partial charge in [0.2, 0.25) is 11.5 Å². The summed E-state index contributed by atoms with van der Waals surface area (Å²) in [5.41, 5.74) is 3.55. The lowest BCUT2D eigenvalue weighted by Gasteiger charge is -2.09. The Bertz CT molecular complexity index is 1270. The molecule has 0 unspecified atom stereocenters. The summed E-state index contributed by atoms with van der Waals surface area (Å²) in [6.07, 6.45) is 0.122. The molecule has 4 aromatic rings. The van der Waals surface area contributed by atoms with E-state index in [1.54, 1.807) is 31.3 Å². The minimum Gasteiger partial charge on any atom is -0.472 e. The molecule has 12 heteroatoms. The van der Waals surface area contributed by atoms with Crippen molar-refractivity contribution in [2.45, 2.75) is 13.3 Å². The van der Waals surface area contributed by atoms with Gasteiger partial charge in [0.1, 0.15) is 12.3 Å². The zero-order chi connectivity index (χ0) is 22.5. The molecule has 0 amide bonds. The first-order valence-electron chi connectivity index (χ1n) is 9.34. The molecule has 0 aromatic carbocycles. The fraction of sp³-hybridized carbons (Fsp3) is 0.200. The minimum absolute atomic E-state index is 0.124. The molecule has 0 saturated carbocycles. The fourth-order valence-corrected chi connectivity index (χ4v) is 2.76. The highest BCUT2D eigenvalue weighted by Crippen LogP contribution is 2.24. The molecule has 4 rings (SSSR count). The van der Waals surface area contributed by atoms with E-state index in [1.807, 2.05) is 0 Å². The fourth-order valence-electron chi connectivity index (χ4n) is 2.76. The monoisotopic (exact) mass is 438 g/mol. The first-order chi connectivity index (χ1) is 15.5. The molecule has 0 aliphatic rings. The predicted octanol–water partition coefficient (Wildman–Crippen LogP) is 4.30. The highest BCUT2D eigenvalue weighted by atomic mass is 19.3. The second-order valence-corrected chi connectivity index (χ2v) is 6.58. The van der Waals surface area contributed by atoms with Gasteiger partial charge in [-0.1, -0.05) is 0 Å².